The molecular formula is C17H25NO3. The highest BCUT2D eigenvalue weighted by Crippen LogP contribution is 2.33. The minimum atomic E-state index is -0.907. The number of nitrogens with one attached hydrogen (secondary N) is 1. The fourth-order valence-corrected chi connectivity index (χ4v) is 3.08. The van der Waals surface area contributed by atoms with Crippen molar-refractivity contribution in [3.05, 3.63) is 29.3 Å². The molecule has 1 aliphatic rings. The third-order valence-corrected chi connectivity index (χ3v) is 4.69. The van der Waals surface area contributed by atoms with Gasteiger partial charge in [0.2, 0.25) is 0 Å². The van der Waals surface area contributed by atoms with E-state index in [0.717, 1.165) is 42.9 Å². The first-order valence-electron chi connectivity index (χ1n) is 7.74. The fraction of sp³-hybridized carbons (Fsp3) is 0.588. The molecule has 21 heavy (non-hydrogen) atoms. The highest BCUT2D eigenvalue weighted by atomic mass is 16.4. The van der Waals surface area contributed by atoms with Crippen molar-refractivity contribution in [2.75, 3.05) is 11.9 Å². The quantitative estimate of drug-likeness (QED) is 0.777. The van der Waals surface area contributed by atoms with Gasteiger partial charge < -0.3 is 15.5 Å². The van der Waals surface area contributed by atoms with Gasteiger partial charge in [-0.1, -0.05) is 13.3 Å². The summed E-state index contributed by atoms with van der Waals surface area (Å²) in [5, 5.41) is 22.9. The lowest BCUT2D eigenvalue weighted by molar-refractivity contribution is 0.00228. The molecule has 0 aromatic heterocycles. The van der Waals surface area contributed by atoms with Crippen LogP contribution in [0.2, 0.25) is 0 Å². The van der Waals surface area contributed by atoms with Crippen LogP contribution in [0.4, 0.5) is 5.69 Å². The van der Waals surface area contributed by atoms with E-state index < -0.39 is 11.6 Å². The molecule has 0 radical (unpaired) electrons. The molecule has 1 aromatic rings. The van der Waals surface area contributed by atoms with E-state index in [2.05, 4.69) is 12.2 Å². The molecular weight excluding hydrogens is 266 g/mol. The van der Waals surface area contributed by atoms with Crippen LogP contribution in [0.15, 0.2) is 18.2 Å². The lowest BCUT2D eigenvalue weighted by Gasteiger charge is -2.36. The standard InChI is InChI=1S/C17H25NO3/c1-3-13-6-8-17(21,9-7-13)11-18-14-4-5-15(16(19)20)12(2)10-14/h4-5,10,13,18,21H,3,6-9,11H2,1-2H3,(H,19,20). The molecule has 0 saturated heterocycles. The summed E-state index contributed by atoms with van der Waals surface area (Å²) in [6, 6.07) is 5.19. The van der Waals surface area contributed by atoms with Crippen molar-refractivity contribution in [3.63, 3.8) is 0 Å². The van der Waals surface area contributed by atoms with Crippen LogP contribution in [-0.2, 0) is 0 Å². The zero-order valence-electron chi connectivity index (χ0n) is 12.9. The van der Waals surface area contributed by atoms with Crippen molar-refractivity contribution in [2.45, 2.75) is 51.6 Å². The molecule has 0 atom stereocenters. The first-order valence-corrected chi connectivity index (χ1v) is 7.74. The Balaban J connectivity index is 1.94. The predicted molar refractivity (Wildman–Crippen MR) is 83.8 cm³/mol. The van der Waals surface area contributed by atoms with Gasteiger partial charge in [0, 0.05) is 12.2 Å². The van der Waals surface area contributed by atoms with E-state index in [-0.39, 0.29) is 0 Å². The van der Waals surface area contributed by atoms with E-state index in [0.29, 0.717) is 12.1 Å². The number of carboxylic acids is 1. The molecule has 4 nitrogen and oxygen atoms in total. The van der Waals surface area contributed by atoms with Crippen molar-refractivity contribution >= 4 is 11.7 Å². The number of rotatable bonds is 5. The molecule has 3 N–H and O–H groups in total. The molecule has 1 fully saturated rings. The summed E-state index contributed by atoms with van der Waals surface area (Å²) >= 11 is 0. The van der Waals surface area contributed by atoms with Crippen LogP contribution in [-0.4, -0.2) is 28.3 Å². The Hall–Kier alpha value is -1.55. The number of aliphatic hydroxyl groups is 1. The zero-order chi connectivity index (χ0) is 15.5. The van der Waals surface area contributed by atoms with E-state index in [4.69, 9.17) is 5.11 Å². The summed E-state index contributed by atoms with van der Waals surface area (Å²) in [6.45, 7) is 4.52. The third-order valence-electron chi connectivity index (χ3n) is 4.69. The van der Waals surface area contributed by atoms with Gasteiger partial charge in [0.15, 0.2) is 0 Å². The summed E-state index contributed by atoms with van der Waals surface area (Å²) in [6.07, 6.45) is 5.05. The number of aromatic carboxylic acids is 1. The second-order valence-corrected chi connectivity index (χ2v) is 6.26. The molecule has 4 heteroatoms. The van der Waals surface area contributed by atoms with Crippen LogP contribution >= 0.6 is 0 Å². The number of hydrogen-bond acceptors (Lipinski definition) is 3. The molecule has 116 valence electrons. The van der Waals surface area contributed by atoms with Crippen LogP contribution in [0, 0.1) is 12.8 Å². The van der Waals surface area contributed by atoms with Crippen molar-refractivity contribution in [1.29, 1.82) is 0 Å². The summed E-state index contributed by atoms with van der Waals surface area (Å²) < 4.78 is 0. The Morgan fingerprint density at radius 2 is 2.05 bits per heavy atom. The maximum Gasteiger partial charge on any atom is 0.335 e. The zero-order valence-corrected chi connectivity index (χ0v) is 12.9. The molecule has 0 bridgehead atoms. The average Bonchev–Trinajstić information content (AvgIpc) is 2.46. The smallest absolute Gasteiger partial charge is 0.335 e. The van der Waals surface area contributed by atoms with Crippen LogP contribution in [0.3, 0.4) is 0 Å². The summed E-state index contributed by atoms with van der Waals surface area (Å²) in [5.41, 5.74) is 1.28. The summed E-state index contributed by atoms with van der Waals surface area (Å²) in [5.74, 6) is -0.155. The second kappa shape index (κ2) is 6.48. The maximum absolute atomic E-state index is 11.0. The van der Waals surface area contributed by atoms with Crippen LogP contribution in [0.5, 0.6) is 0 Å². The number of hydrogen-bond donors (Lipinski definition) is 3. The lowest BCUT2D eigenvalue weighted by Crippen LogP contribution is -2.40. The summed E-state index contributed by atoms with van der Waals surface area (Å²) in [7, 11) is 0. The Morgan fingerprint density at radius 3 is 2.57 bits per heavy atom. The second-order valence-electron chi connectivity index (χ2n) is 6.26. The van der Waals surface area contributed by atoms with Gasteiger partial charge in [-0.2, -0.15) is 0 Å². The minimum Gasteiger partial charge on any atom is -0.478 e. The van der Waals surface area contributed by atoms with Crippen LogP contribution in [0.1, 0.15) is 54.9 Å². The molecule has 0 spiro atoms. The predicted octanol–water partition coefficient (Wildman–Crippen LogP) is 3.44. The van der Waals surface area contributed by atoms with Crippen molar-refractivity contribution < 1.29 is 15.0 Å². The monoisotopic (exact) mass is 291 g/mol. The number of anilines is 1. The van der Waals surface area contributed by atoms with Gasteiger partial charge in [0.25, 0.3) is 0 Å². The Bertz CT molecular complexity index is 505. The van der Waals surface area contributed by atoms with E-state index >= 15 is 0 Å². The Morgan fingerprint density at radius 1 is 1.38 bits per heavy atom. The molecule has 1 aliphatic carbocycles. The highest BCUT2D eigenvalue weighted by molar-refractivity contribution is 5.89. The van der Waals surface area contributed by atoms with Gasteiger partial charge in [-0.05, 0) is 62.3 Å². The van der Waals surface area contributed by atoms with Crippen LogP contribution < -0.4 is 5.32 Å². The molecule has 0 heterocycles. The number of aryl methyl sites for hydroxylation is 1. The van der Waals surface area contributed by atoms with E-state index in [1.807, 2.05) is 6.07 Å². The largest absolute Gasteiger partial charge is 0.478 e. The topological polar surface area (TPSA) is 69.6 Å². The average molecular weight is 291 g/mol. The Labute approximate surface area is 126 Å². The SMILES string of the molecule is CCC1CCC(O)(CNc2ccc(C(=O)O)c(C)c2)CC1. The summed E-state index contributed by atoms with van der Waals surface area (Å²) in [4.78, 5) is 11.0. The van der Waals surface area contributed by atoms with Gasteiger partial charge >= 0.3 is 5.97 Å². The van der Waals surface area contributed by atoms with Gasteiger partial charge in [-0.3, -0.25) is 0 Å². The van der Waals surface area contributed by atoms with E-state index in [9.17, 15) is 9.90 Å². The van der Waals surface area contributed by atoms with E-state index in [1.54, 1.807) is 19.1 Å². The first-order chi connectivity index (χ1) is 9.93. The molecule has 0 unspecified atom stereocenters. The van der Waals surface area contributed by atoms with Gasteiger partial charge in [0.05, 0.1) is 11.2 Å². The molecule has 2 rings (SSSR count). The molecule has 1 aromatic carbocycles. The van der Waals surface area contributed by atoms with Crippen molar-refractivity contribution in [2.24, 2.45) is 5.92 Å². The Kier molecular flexibility index (Phi) is 4.88. The fourth-order valence-electron chi connectivity index (χ4n) is 3.08. The highest BCUT2D eigenvalue weighted by Gasteiger charge is 2.32. The van der Waals surface area contributed by atoms with Gasteiger partial charge in [-0.15, -0.1) is 0 Å². The van der Waals surface area contributed by atoms with Gasteiger partial charge in [-0.25, -0.2) is 4.79 Å². The molecule has 0 aliphatic heterocycles. The third kappa shape index (κ3) is 3.97. The molecule has 1 saturated carbocycles. The normalized spacial score (nSPS) is 25.6. The number of benzene rings is 1. The lowest BCUT2D eigenvalue weighted by atomic mass is 9.78. The van der Waals surface area contributed by atoms with E-state index in [1.165, 1.54) is 6.42 Å². The maximum atomic E-state index is 11.0. The van der Waals surface area contributed by atoms with Gasteiger partial charge in [0.1, 0.15) is 0 Å². The molecule has 0 amide bonds. The van der Waals surface area contributed by atoms with Crippen LogP contribution in [0.25, 0.3) is 0 Å². The number of carboxylic acid groups (broad SMARTS) is 1. The van der Waals surface area contributed by atoms with Crippen molar-refractivity contribution in [1.82, 2.24) is 0 Å². The minimum absolute atomic E-state index is 0.322. The number of carbonyl (C=O) groups is 1. The van der Waals surface area contributed by atoms with Crippen molar-refractivity contribution in [3.8, 4) is 0 Å². The first kappa shape index (κ1) is 15.8.